The maximum Gasteiger partial charge on any atom is 0.227 e. The lowest BCUT2D eigenvalue weighted by Crippen LogP contribution is -1.81. The van der Waals surface area contributed by atoms with E-state index in [-0.39, 0.29) is 0 Å². The molecule has 0 aliphatic rings. The molecule has 0 radical (unpaired) electrons. The highest BCUT2D eigenvalue weighted by Gasteiger charge is 2.14. The number of benzene rings is 4. The Morgan fingerprint density at radius 1 is 0.594 bits per heavy atom. The van der Waals surface area contributed by atoms with Gasteiger partial charge in [-0.25, -0.2) is 4.98 Å². The smallest absolute Gasteiger partial charge is 0.227 e. The van der Waals surface area contributed by atoms with Crippen molar-refractivity contribution >= 4 is 43.9 Å². The van der Waals surface area contributed by atoms with Gasteiger partial charge < -0.3 is 8.83 Å². The molecule has 0 fully saturated rings. The molecule has 0 atom stereocenters. The Hall–Kier alpha value is -4.44. The number of hydrogen-bond acceptors (Lipinski definition) is 4. The molecule has 0 N–H and O–H groups in total. The summed E-state index contributed by atoms with van der Waals surface area (Å²) in [6.45, 7) is 0. The maximum atomic E-state index is 6.22. The van der Waals surface area contributed by atoms with Crippen molar-refractivity contribution in [2.24, 2.45) is 0 Å². The molecule has 0 saturated heterocycles. The lowest BCUT2D eigenvalue weighted by molar-refractivity contribution is 0.620. The zero-order valence-electron chi connectivity index (χ0n) is 16.9. The number of pyridine rings is 1. The highest BCUT2D eigenvalue weighted by atomic mass is 16.3. The highest BCUT2D eigenvalue weighted by Crippen LogP contribution is 2.37. The number of oxazole rings is 1. The molecule has 3 heterocycles. The van der Waals surface area contributed by atoms with E-state index in [0.717, 1.165) is 60.6 Å². The maximum absolute atomic E-state index is 6.22. The average molecular weight is 412 g/mol. The number of hydrogen-bond donors (Lipinski definition) is 0. The Morgan fingerprint density at radius 2 is 1.50 bits per heavy atom. The van der Waals surface area contributed by atoms with E-state index in [1.807, 2.05) is 48.5 Å². The van der Waals surface area contributed by atoms with Gasteiger partial charge in [0.15, 0.2) is 5.58 Å². The Labute approximate surface area is 182 Å². The van der Waals surface area contributed by atoms with Crippen LogP contribution < -0.4 is 0 Å². The molecule has 7 rings (SSSR count). The van der Waals surface area contributed by atoms with E-state index in [2.05, 4.69) is 47.4 Å². The van der Waals surface area contributed by atoms with Crippen molar-refractivity contribution in [2.45, 2.75) is 0 Å². The Kier molecular flexibility index (Phi) is 3.52. The van der Waals surface area contributed by atoms with Crippen LogP contribution in [0.25, 0.3) is 66.5 Å². The Balaban J connectivity index is 1.38. The lowest BCUT2D eigenvalue weighted by atomic mass is 10.0. The molecular formula is C28H16N2O2. The summed E-state index contributed by atoms with van der Waals surface area (Å²) in [5.41, 5.74) is 7.33. The molecule has 0 unspecified atom stereocenters. The van der Waals surface area contributed by atoms with Gasteiger partial charge in [0.1, 0.15) is 16.7 Å². The standard InChI is InChI=1S/C28H16N2O2/c1-2-9-25-21(6-1)22-8-3-7-20(27(22)31-25)17-11-13-26-24(16-17)30-28(32-26)19-10-12-23-18(15-19)5-4-14-29-23/h1-16H. The number of fused-ring (bicyclic) bond motifs is 5. The van der Waals surface area contributed by atoms with Crippen molar-refractivity contribution in [1.29, 1.82) is 0 Å². The van der Waals surface area contributed by atoms with Gasteiger partial charge in [-0.3, -0.25) is 4.98 Å². The fourth-order valence-corrected chi connectivity index (χ4v) is 4.40. The van der Waals surface area contributed by atoms with Crippen LogP contribution in [-0.4, -0.2) is 9.97 Å². The molecule has 4 heteroatoms. The van der Waals surface area contributed by atoms with Crippen molar-refractivity contribution in [3.8, 4) is 22.6 Å². The largest absolute Gasteiger partial charge is 0.455 e. The fourth-order valence-electron chi connectivity index (χ4n) is 4.40. The van der Waals surface area contributed by atoms with Crippen LogP contribution >= 0.6 is 0 Å². The lowest BCUT2D eigenvalue weighted by Gasteiger charge is -2.02. The molecule has 4 nitrogen and oxygen atoms in total. The normalized spacial score (nSPS) is 11.8. The SMILES string of the molecule is c1cnc2ccc(-c3nc4cc(-c5cccc6c5oc5ccccc56)ccc4o3)cc2c1. The summed E-state index contributed by atoms with van der Waals surface area (Å²) in [5, 5.41) is 3.30. The van der Waals surface area contributed by atoms with Gasteiger partial charge in [-0.2, -0.15) is 0 Å². The number of nitrogens with zero attached hydrogens (tertiary/aromatic N) is 2. The molecule has 0 bridgehead atoms. The monoisotopic (exact) mass is 412 g/mol. The number of rotatable bonds is 2. The number of para-hydroxylation sites is 2. The quantitative estimate of drug-likeness (QED) is 0.293. The predicted octanol–water partition coefficient (Wildman–Crippen LogP) is 7.61. The molecule has 0 aliphatic carbocycles. The van der Waals surface area contributed by atoms with Crippen molar-refractivity contribution in [1.82, 2.24) is 9.97 Å². The van der Waals surface area contributed by atoms with Gasteiger partial charge in [0.25, 0.3) is 0 Å². The number of furan rings is 1. The summed E-state index contributed by atoms with van der Waals surface area (Å²) in [4.78, 5) is 9.17. The molecule has 32 heavy (non-hydrogen) atoms. The van der Waals surface area contributed by atoms with Crippen LogP contribution in [0.5, 0.6) is 0 Å². The van der Waals surface area contributed by atoms with Gasteiger partial charge in [-0.05, 0) is 48.0 Å². The van der Waals surface area contributed by atoms with Gasteiger partial charge in [0.05, 0.1) is 5.52 Å². The van der Waals surface area contributed by atoms with E-state index in [4.69, 9.17) is 13.8 Å². The third-order valence-electron chi connectivity index (χ3n) is 5.95. The second-order valence-corrected chi connectivity index (χ2v) is 7.89. The van der Waals surface area contributed by atoms with Crippen LogP contribution in [-0.2, 0) is 0 Å². The second-order valence-electron chi connectivity index (χ2n) is 7.89. The minimum absolute atomic E-state index is 0.602. The van der Waals surface area contributed by atoms with Crippen molar-refractivity contribution in [3.63, 3.8) is 0 Å². The summed E-state index contributed by atoms with van der Waals surface area (Å²) < 4.78 is 12.3. The molecule has 0 saturated carbocycles. The molecule has 3 aromatic heterocycles. The molecular weight excluding hydrogens is 396 g/mol. The highest BCUT2D eigenvalue weighted by molar-refractivity contribution is 6.09. The van der Waals surface area contributed by atoms with Crippen LogP contribution in [0.4, 0.5) is 0 Å². The zero-order chi connectivity index (χ0) is 21.1. The topological polar surface area (TPSA) is 52.1 Å². The Bertz CT molecular complexity index is 1790. The van der Waals surface area contributed by atoms with Gasteiger partial charge in [-0.1, -0.05) is 48.5 Å². The van der Waals surface area contributed by atoms with Crippen molar-refractivity contribution in [2.75, 3.05) is 0 Å². The van der Waals surface area contributed by atoms with Gasteiger partial charge in [0, 0.05) is 33.5 Å². The molecule has 0 aliphatic heterocycles. The van der Waals surface area contributed by atoms with Gasteiger partial charge >= 0.3 is 0 Å². The van der Waals surface area contributed by atoms with E-state index in [9.17, 15) is 0 Å². The summed E-state index contributed by atoms with van der Waals surface area (Å²) in [7, 11) is 0. The number of aromatic nitrogens is 2. The zero-order valence-corrected chi connectivity index (χ0v) is 16.9. The Morgan fingerprint density at radius 3 is 2.50 bits per heavy atom. The van der Waals surface area contributed by atoms with E-state index in [1.54, 1.807) is 6.20 Å². The third kappa shape index (κ3) is 2.56. The minimum Gasteiger partial charge on any atom is -0.455 e. The van der Waals surface area contributed by atoms with Gasteiger partial charge in [-0.15, -0.1) is 0 Å². The first-order chi connectivity index (χ1) is 15.8. The van der Waals surface area contributed by atoms with Crippen LogP contribution in [0, 0.1) is 0 Å². The van der Waals surface area contributed by atoms with E-state index >= 15 is 0 Å². The first-order valence-corrected chi connectivity index (χ1v) is 10.5. The summed E-state index contributed by atoms with van der Waals surface area (Å²) in [5.74, 6) is 0.602. The third-order valence-corrected chi connectivity index (χ3v) is 5.95. The first-order valence-electron chi connectivity index (χ1n) is 10.5. The summed E-state index contributed by atoms with van der Waals surface area (Å²) >= 11 is 0. The van der Waals surface area contributed by atoms with Crippen molar-refractivity contribution in [3.05, 3.63) is 97.2 Å². The summed E-state index contributed by atoms with van der Waals surface area (Å²) in [6.07, 6.45) is 1.80. The van der Waals surface area contributed by atoms with Crippen LogP contribution in [0.3, 0.4) is 0 Å². The van der Waals surface area contributed by atoms with E-state index < -0.39 is 0 Å². The minimum atomic E-state index is 0.602. The van der Waals surface area contributed by atoms with Crippen molar-refractivity contribution < 1.29 is 8.83 Å². The van der Waals surface area contributed by atoms with Crippen LogP contribution in [0.15, 0.2) is 106 Å². The van der Waals surface area contributed by atoms with Gasteiger partial charge in [0.2, 0.25) is 5.89 Å². The molecule has 7 aromatic rings. The predicted molar refractivity (Wildman–Crippen MR) is 127 cm³/mol. The first kappa shape index (κ1) is 17.3. The molecule has 150 valence electrons. The van der Waals surface area contributed by atoms with Crippen LogP contribution in [0.1, 0.15) is 0 Å². The fraction of sp³-hybridized carbons (Fsp3) is 0. The van der Waals surface area contributed by atoms with Crippen LogP contribution in [0.2, 0.25) is 0 Å². The molecule has 4 aromatic carbocycles. The van der Waals surface area contributed by atoms with E-state index in [1.165, 1.54) is 0 Å². The van der Waals surface area contributed by atoms with E-state index in [0.29, 0.717) is 5.89 Å². The second kappa shape index (κ2) is 6.53. The molecule has 0 amide bonds. The average Bonchev–Trinajstić information content (AvgIpc) is 3.44. The summed E-state index contributed by atoms with van der Waals surface area (Å²) in [6, 6.07) is 30.5. The molecule has 0 spiro atoms.